The van der Waals surface area contributed by atoms with Crippen LogP contribution in [-0.4, -0.2) is 30.8 Å². The van der Waals surface area contributed by atoms with E-state index in [0.29, 0.717) is 14.9 Å². The zero-order valence-electron chi connectivity index (χ0n) is 13.8. The number of thiophene rings is 1. The van der Waals surface area contributed by atoms with Crippen LogP contribution in [0.3, 0.4) is 0 Å². The third kappa shape index (κ3) is 6.01. The van der Waals surface area contributed by atoms with Gasteiger partial charge >= 0.3 is 0 Å². The monoisotopic (exact) mass is 413 g/mol. The number of benzene rings is 1. The van der Waals surface area contributed by atoms with E-state index in [4.69, 9.17) is 23.2 Å². The number of hydrogen-bond donors (Lipinski definition) is 3. The molecule has 0 saturated heterocycles. The predicted octanol–water partition coefficient (Wildman–Crippen LogP) is 2.78. The molecule has 26 heavy (non-hydrogen) atoms. The third-order valence-corrected chi connectivity index (χ3v) is 4.84. The summed E-state index contributed by atoms with van der Waals surface area (Å²) in [5.74, 6) is -1.16. The second kappa shape index (κ2) is 9.56. The Balaban J connectivity index is 1.73. The molecule has 0 saturated carbocycles. The molecule has 2 aromatic rings. The summed E-state index contributed by atoms with van der Waals surface area (Å²) in [6, 6.07) is 8.08. The standard InChI is InChI=1S/C17H17Cl2N3O3S/c1-10(12-5-4-11(18)7-13(12)19)22-16(24)9-20-15(23)8-21-17(25)14-3-2-6-26-14/h2-7,10H,8-9H2,1H3,(H,20,23)(H,21,25)(H,22,24)/t10-/m0/s1. The van der Waals surface area contributed by atoms with E-state index in [0.717, 1.165) is 5.56 Å². The van der Waals surface area contributed by atoms with E-state index in [2.05, 4.69) is 16.0 Å². The van der Waals surface area contributed by atoms with Gasteiger partial charge in [0.1, 0.15) is 0 Å². The first-order valence-electron chi connectivity index (χ1n) is 7.69. The molecular weight excluding hydrogens is 397 g/mol. The summed E-state index contributed by atoms with van der Waals surface area (Å²) in [7, 11) is 0. The SMILES string of the molecule is C[C@H](NC(=O)CNC(=O)CNC(=O)c1cccs1)c1ccc(Cl)cc1Cl. The van der Waals surface area contributed by atoms with E-state index < -0.39 is 5.91 Å². The highest BCUT2D eigenvalue weighted by molar-refractivity contribution is 7.12. The van der Waals surface area contributed by atoms with Gasteiger partial charge in [-0.2, -0.15) is 0 Å². The van der Waals surface area contributed by atoms with Crippen LogP contribution in [0, 0.1) is 0 Å². The van der Waals surface area contributed by atoms with Crippen molar-refractivity contribution in [3.8, 4) is 0 Å². The average Bonchev–Trinajstić information content (AvgIpc) is 3.12. The second-order valence-electron chi connectivity index (χ2n) is 5.39. The minimum Gasteiger partial charge on any atom is -0.348 e. The fraction of sp³-hybridized carbons (Fsp3) is 0.235. The van der Waals surface area contributed by atoms with Crippen LogP contribution in [0.2, 0.25) is 10.0 Å². The normalized spacial score (nSPS) is 11.5. The number of nitrogens with one attached hydrogen (secondary N) is 3. The van der Waals surface area contributed by atoms with Crippen molar-refractivity contribution in [3.63, 3.8) is 0 Å². The quantitative estimate of drug-likeness (QED) is 0.651. The van der Waals surface area contributed by atoms with E-state index in [1.807, 2.05) is 0 Å². The lowest BCUT2D eigenvalue weighted by atomic mass is 10.1. The number of halogens is 2. The van der Waals surface area contributed by atoms with Crippen molar-refractivity contribution in [2.45, 2.75) is 13.0 Å². The van der Waals surface area contributed by atoms with Gasteiger partial charge in [0.15, 0.2) is 0 Å². The Morgan fingerprint density at radius 2 is 1.81 bits per heavy atom. The molecule has 138 valence electrons. The molecule has 0 unspecified atom stereocenters. The number of carbonyl (C=O) groups excluding carboxylic acids is 3. The van der Waals surface area contributed by atoms with Crippen LogP contribution in [0.25, 0.3) is 0 Å². The minimum absolute atomic E-state index is 0.205. The first-order valence-corrected chi connectivity index (χ1v) is 9.33. The Morgan fingerprint density at radius 3 is 2.46 bits per heavy atom. The zero-order valence-corrected chi connectivity index (χ0v) is 16.2. The summed E-state index contributed by atoms with van der Waals surface area (Å²) in [6.45, 7) is 1.36. The van der Waals surface area contributed by atoms with Gasteiger partial charge in [0.2, 0.25) is 11.8 Å². The van der Waals surface area contributed by atoms with Gasteiger partial charge in [-0.25, -0.2) is 0 Å². The smallest absolute Gasteiger partial charge is 0.261 e. The highest BCUT2D eigenvalue weighted by atomic mass is 35.5. The Bertz CT molecular complexity index is 797. The molecule has 0 aliphatic rings. The minimum atomic E-state index is -0.456. The molecule has 0 bridgehead atoms. The molecule has 9 heteroatoms. The fourth-order valence-corrected chi connectivity index (χ4v) is 3.33. The first kappa shape index (κ1) is 20.2. The highest BCUT2D eigenvalue weighted by Crippen LogP contribution is 2.25. The van der Waals surface area contributed by atoms with Gasteiger partial charge < -0.3 is 16.0 Å². The van der Waals surface area contributed by atoms with Crippen molar-refractivity contribution in [1.82, 2.24) is 16.0 Å². The third-order valence-electron chi connectivity index (χ3n) is 3.41. The maximum absolute atomic E-state index is 12.0. The Kier molecular flexibility index (Phi) is 7.44. The largest absolute Gasteiger partial charge is 0.348 e. The molecule has 3 amide bonds. The van der Waals surface area contributed by atoms with Crippen molar-refractivity contribution in [2.24, 2.45) is 0 Å². The van der Waals surface area contributed by atoms with Crippen LogP contribution in [0.5, 0.6) is 0 Å². The molecule has 0 spiro atoms. The number of amides is 3. The zero-order chi connectivity index (χ0) is 19.1. The maximum atomic E-state index is 12.0. The van der Waals surface area contributed by atoms with E-state index in [1.165, 1.54) is 11.3 Å². The Morgan fingerprint density at radius 1 is 1.08 bits per heavy atom. The lowest BCUT2D eigenvalue weighted by Gasteiger charge is -2.16. The van der Waals surface area contributed by atoms with Crippen molar-refractivity contribution >= 4 is 52.3 Å². The molecule has 0 aliphatic carbocycles. The van der Waals surface area contributed by atoms with Crippen LogP contribution in [0.1, 0.15) is 28.2 Å². The Hall–Kier alpha value is -2.09. The van der Waals surface area contributed by atoms with Gasteiger partial charge in [0.25, 0.3) is 5.91 Å². The van der Waals surface area contributed by atoms with Gasteiger partial charge in [-0.3, -0.25) is 14.4 Å². The summed E-state index contributed by atoms with van der Waals surface area (Å²) in [5.41, 5.74) is 0.721. The molecular formula is C17H17Cl2N3O3S. The van der Waals surface area contributed by atoms with Crippen LogP contribution in [0.4, 0.5) is 0 Å². The molecule has 0 radical (unpaired) electrons. The van der Waals surface area contributed by atoms with E-state index in [9.17, 15) is 14.4 Å². The number of rotatable bonds is 7. The molecule has 1 aromatic heterocycles. The molecule has 1 atom stereocenters. The molecule has 0 fully saturated rings. The van der Waals surface area contributed by atoms with E-state index >= 15 is 0 Å². The van der Waals surface area contributed by atoms with Crippen LogP contribution >= 0.6 is 34.5 Å². The summed E-state index contributed by atoms with van der Waals surface area (Å²) < 4.78 is 0. The van der Waals surface area contributed by atoms with Crippen LogP contribution in [-0.2, 0) is 9.59 Å². The van der Waals surface area contributed by atoms with Crippen molar-refractivity contribution < 1.29 is 14.4 Å². The maximum Gasteiger partial charge on any atom is 0.261 e. The summed E-state index contributed by atoms with van der Waals surface area (Å²) in [6.07, 6.45) is 0. The lowest BCUT2D eigenvalue weighted by molar-refractivity contribution is -0.125. The number of hydrogen-bond acceptors (Lipinski definition) is 4. The second-order valence-corrected chi connectivity index (χ2v) is 7.18. The molecule has 0 aliphatic heterocycles. The van der Waals surface area contributed by atoms with Crippen LogP contribution < -0.4 is 16.0 Å². The molecule has 2 rings (SSSR count). The fourth-order valence-electron chi connectivity index (χ4n) is 2.12. The van der Waals surface area contributed by atoms with Crippen LogP contribution in [0.15, 0.2) is 35.7 Å². The first-order chi connectivity index (χ1) is 12.4. The average molecular weight is 414 g/mol. The molecule has 3 N–H and O–H groups in total. The predicted molar refractivity (Wildman–Crippen MR) is 103 cm³/mol. The number of carbonyl (C=O) groups is 3. The highest BCUT2D eigenvalue weighted by Gasteiger charge is 2.14. The summed E-state index contributed by atoms with van der Waals surface area (Å²) in [4.78, 5) is 35.9. The van der Waals surface area contributed by atoms with Crippen molar-refractivity contribution in [3.05, 3.63) is 56.2 Å². The van der Waals surface area contributed by atoms with E-state index in [1.54, 1.807) is 42.6 Å². The van der Waals surface area contributed by atoms with Crippen molar-refractivity contribution in [2.75, 3.05) is 13.1 Å². The molecule has 6 nitrogen and oxygen atoms in total. The van der Waals surface area contributed by atoms with Gasteiger partial charge in [0, 0.05) is 10.0 Å². The van der Waals surface area contributed by atoms with Gasteiger partial charge in [-0.15, -0.1) is 11.3 Å². The molecule has 1 aromatic carbocycles. The Labute approximate surface area is 164 Å². The summed E-state index contributed by atoms with van der Waals surface area (Å²) in [5, 5.41) is 10.4. The van der Waals surface area contributed by atoms with Gasteiger partial charge in [0.05, 0.1) is 24.0 Å². The van der Waals surface area contributed by atoms with E-state index in [-0.39, 0.29) is 30.9 Å². The van der Waals surface area contributed by atoms with Crippen molar-refractivity contribution in [1.29, 1.82) is 0 Å². The molecule has 1 heterocycles. The topological polar surface area (TPSA) is 87.3 Å². The van der Waals surface area contributed by atoms with Gasteiger partial charge in [-0.1, -0.05) is 35.3 Å². The van der Waals surface area contributed by atoms with Gasteiger partial charge in [-0.05, 0) is 36.1 Å². The summed E-state index contributed by atoms with van der Waals surface area (Å²) >= 11 is 13.2. The lowest BCUT2D eigenvalue weighted by Crippen LogP contribution is -2.42.